The summed E-state index contributed by atoms with van der Waals surface area (Å²) in [6.45, 7) is 4.52. The molecule has 2 aliphatic rings. The largest absolute Gasteiger partial charge is 0.480 e. The number of amides is 2. The maximum Gasteiger partial charge on any atom is 0.462 e. The van der Waals surface area contributed by atoms with Gasteiger partial charge in [0.1, 0.15) is 29.9 Å². The minimum absolute atomic E-state index is 0.0402. The molecular formula is C26H36FN4O8P. The van der Waals surface area contributed by atoms with Gasteiger partial charge in [0.2, 0.25) is 0 Å². The molecule has 8 atom stereocenters. The average Bonchev–Trinajstić information content (AvgIpc) is 3.15. The topological polar surface area (TPSA) is 164 Å². The predicted molar refractivity (Wildman–Crippen MR) is 143 cm³/mol. The number of nitrogens with zero attached hydrogens (tertiary/aromatic N) is 2. The number of aliphatic carboxylic acids is 1. The first kappa shape index (κ1) is 31.5. The van der Waals surface area contributed by atoms with E-state index in [0.717, 1.165) is 17.3 Å². The van der Waals surface area contributed by atoms with E-state index in [1.54, 1.807) is 18.2 Å². The molecule has 5 N–H and O–H groups in total. The number of carbonyl (C=O) groups excluding carboxylic acids is 1. The first-order chi connectivity index (χ1) is 18.9. The molecule has 2 heterocycles. The van der Waals surface area contributed by atoms with Crippen molar-refractivity contribution in [3.05, 3.63) is 42.6 Å². The number of aliphatic hydroxyl groups is 1. The number of aliphatic hydroxyl groups excluding tert-OH is 1. The molecule has 2 aliphatic heterocycles. The summed E-state index contributed by atoms with van der Waals surface area (Å²) in [7, 11) is -4.48. The van der Waals surface area contributed by atoms with Gasteiger partial charge in [-0.2, -0.15) is 9.06 Å². The Labute approximate surface area is 232 Å². The Morgan fingerprint density at radius 1 is 1.40 bits per heavy atom. The molecular weight excluding hydrogens is 546 g/mol. The van der Waals surface area contributed by atoms with Crippen molar-refractivity contribution in [3.63, 3.8) is 0 Å². The molecule has 14 heteroatoms. The van der Waals surface area contributed by atoms with Gasteiger partial charge in [0.05, 0.1) is 12.8 Å². The van der Waals surface area contributed by atoms with E-state index in [4.69, 9.17) is 25.9 Å². The fourth-order valence-electron chi connectivity index (χ4n) is 4.50. The van der Waals surface area contributed by atoms with Crippen molar-refractivity contribution >= 4 is 19.7 Å². The van der Waals surface area contributed by atoms with Gasteiger partial charge in [0.15, 0.2) is 0 Å². The van der Waals surface area contributed by atoms with Gasteiger partial charge in [0.25, 0.3) is 0 Å². The number of ether oxygens (including phenoxy) is 1. The first-order valence-corrected chi connectivity index (χ1v) is 14.4. The van der Waals surface area contributed by atoms with Crippen molar-refractivity contribution in [2.75, 3.05) is 13.2 Å². The summed E-state index contributed by atoms with van der Waals surface area (Å²) >= 11 is 0. The van der Waals surface area contributed by atoms with E-state index in [-0.39, 0.29) is 18.2 Å². The zero-order valence-electron chi connectivity index (χ0n) is 22.6. The molecule has 40 heavy (non-hydrogen) atoms. The highest BCUT2D eigenvalue weighted by atomic mass is 31.2. The summed E-state index contributed by atoms with van der Waals surface area (Å²) in [5.41, 5.74) is 5.63. The highest BCUT2D eigenvalue weighted by molar-refractivity contribution is 7.51. The number of hydrogen-bond donors (Lipinski definition) is 4. The number of benzene rings is 1. The average molecular weight is 583 g/mol. The van der Waals surface area contributed by atoms with Crippen LogP contribution in [0.25, 0.3) is 0 Å². The highest BCUT2D eigenvalue weighted by Gasteiger charge is 2.61. The molecule has 0 aromatic heterocycles. The van der Waals surface area contributed by atoms with Crippen LogP contribution >= 0.6 is 7.75 Å². The van der Waals surface area contributed by atoms with E-state index >= 15 is 4.39 Å². The zero-order chi connectivity index (χ0) is 29.7. The molecule has 0 saturated carbocycles. The Kier molecular flexibility index (Phi) is 10.3. The number of carboxylic acid groups (broad SMARTS) is 1. The summed E-state index contributed by atoms with van der Waals surface area (Å²) in [6.07, 6.45) is 5.30. The molecule has 1 fully saturated rings. The molecule has 0 bridgehead atoms. The number of carboxylic acids is 1. The van der Waals surface area contributed by atoms with Crippen LogP contribution in [0, 0.1) is 24.2 Å². The van der Waals surface area contributed by atoms with Crippen molar-refractivity contribution in [3.8, 4) is 18.1 Å². The van der Waals surface area contributed by atoms with E-state index in [1.165, 1.54) is 25.1 Å². The molecule has 1 aromatic rings. The molecule has 3 unspecified atom stereocenters. The molecule has 0 radical (unpaired) electrons. The second-order valence-corrected chi connectivity index (χ2v) is 11.7. The Morgan fingerprint density at radius 3 is 2.65 bits per heavy atom. The number of halogens is 1. The second kappa shape index (κ2) is 13.1. The SMILES string of the molecule is C#C[C@@H]1[C@H](O)[C@@H](CO[P@@](=O)(Oc2ccccc2)N(CC(C)CCC)C(C)C(=O)O)O[C@@]1(F)N1C=CC(N)NC1=O. The Morgan fingerprint density at radius 2 is 2.08 bits per heavy atom. The highest BCUT2D eigenvalue weighted by Crippen LogP contribution is 2.54. The van der Waals surface area contributed by atoms with Crippen LogP contribution in [-0.4, -0.2) is 75.3 Å². The standard InChI is InChI=1S/C26H36FN4O8P/c1-5-10-17(3)15-31(18(4)24(33)34)40(36,39-19-11-8-7-9-12-19)37-16-21-23(32)20(6-2)26(27,38-21)30-14-13-22(28)29-25(30)35/h2,7-9,11-14,17-18,20-23,32H,5,10,15-16,28H2,1,3-4H3,(H,29,35)(H,33,34)/t17?,18?,20-,21-,22?,23+,26+,40-/m1/s1. The van der Waals surface area contributed by atoms with Gasteiger partial charge < -0.3 is 30.5 Å². The van der Waals surface area contributed by atoms with Crippen LogP contribution in [0.5, 0.6) is 5.75 Å². The van der Waals surface area contributed by atoms with Gasteiger partial charge in [0, 0.05) is 12.7 Å². The molecule has 220 valence electrons. The summed E-state index contributed by atoms with van der Waals surface area (Å²) in [5.74, 6) is -3.74. The van der Waals surface area contributed by atoms with Gasteiger partial charge in [-0.05, 0) is 37.5 Å². The quantitative estimate of drug-likeness (QED) is 0.154. The fraction of sp³-hybridized carbons (Fsp3) is 0.538. The van der Waals surface area contributed by atoms with Crippen molar-refractivity contribution < 1.29 is 42.5 Å². The molecule has 1 aromatic carbocycles. The number of terminal acetylenes is 1. The van der Waals surface area contributed by atoms with Crippen LogP contribution in [0.4, 0.5) is 9.18 Å². The third-order valence-corrected chi connectivity index (χ3v) is 8.70. The van der Waals surface area contributed by atoms with Gasteiger partial charge >= 0.3 is 25.7 Å². The first-order valence-electron chi connectivity index (χ1n) is 12.9. The summed E-state index contributed by atoms with van der Waals surface area (Å²) in [4.78, 5) is 25.0. The normalized spacial score (nSPS) is 29.4. The molecule has 3 rings (SSSR count). The maximum absolute atomic E-state index is 16.2. The van der Waals surface area contributed by atoms with Crippen molar-refractivity contribution in [2.45, 2.75) is 64.0 Å². The third-order valence-electron chi connectivity index (χ3n) is 6.65. The molecule has 2 amide bonds. The van der Waals surface area contributed by atoms with Crippen LogP contribution < -0.4 is 15.6 Å². The smallest absolute Gasteiger partial charge is 0.462 e. The fourth-order valence-corrected chi connectivity index (χ4v) is 6.54. The lowest BCUT2D eigenvalue weighted by molar-refractivity contribution is -0.216. The van der Waals surface area contributed by atoms with Crippen LogP contribution in [0.3, 0.4) is 0 Å². The zero-order valence-corrected chi connectivity index (χ0v) is 23.4. The summed E-state index contributed by atoms with van der Waals surface area (Å²) in [5, 5.41) is 23.0. The number of nitrogens with two attached hydrogens (primary N) is 1. The van der Waals surface area contributed by atoms with Crippen LogP contribution in [0.15, 0.2) is 42.6 Å². The van der Waals surface area contributed by atoms with Crippen LogP contribution in [0.1, 0.15) is 33.6 Å². The minimum Gasteiger partial charge on any atom is -0.480 e. The lowest BCUT2D eigenvalue weighted by Gasteiger charge is -2.36. The number of carbonyl (C=O) groups is 2. The predicted octanol–water partition coefficient (Wildman–Crippen LogP) is 2.86. The van der Waals surface area contributed by atoms with Crippen molar-refractivity contribution in [1.82, 2.24) is 14.9 Å². The van der Waals surface area contributed by atoms with E-state index in [1.807, 2.05) is 13.8 Å². The molecule has 1 saturated heterocycles. The second-order valence-electron chi connectivity index (χ2n) is 9.79. The van der Waals surface area contributed by atoms with E-state index in [9.17, 15) is 24.4 Å². The molecule has 0 aliphatic carbocycles. The number of nitrogens with one attached hydrogen (secondary N) is 1. The van der Waals surface area contributed by atoms with E-state index in [2.05, 4.69) is 11.2 Å². The Bertz CT molecular complexity index is 1170. The Hall–Kier alpha value is -2.98. The third kappa shape index (κ3) is 6.83. The number of rotatable bonds is 13. The van der Waals surface area contributed by atoms with Gasteiger partial charge in [-0.1, -0.05) is 44.4 Å². The summed E-state index contributed by atoms with van der Waals surface area (Å²) < 4.78 is 48.6. The van der Waals surface area contributed by atoms with Crippen molar-refractivity contribution in [2.24, 2.45) is 17.6 Å². The van der Waals surface area contributed by atoms with E-state index < -0.39 is 62.7 Å². The molecule has 12 nitrogen and oxygen atoms in total. The van der Waals surface area contributed by atoms with Gasteiger partial charge in [-0.15, -0.1) is 6.42 Å². The van der Waals surface area contributed by atoms with Crippen LogP contribution in [0.2, 0.25) is 0 Å². The van der Waals surface area contributed by atoms with Gasteiger partial charge in [-0.25, -0.2) is 14.3 Å². The number of urea groups is 1. The Balaban J connectivity index is 1.92. The lowest BCUT2D eigenvalue weighted by atomic mass is 9.99. The van der Waals surface area contributed by atoms with Crippen molar-refractivity contribution in [1.29, 1.82) is 0 Å². The van der Waals surface area contributed by atoms with E-state index in [0.29, 0.717) is 11.3 Å². The molecule has 0 spiro atoms. The monoisotopic (exact) mass is 582 g/mol. The number of alkyl halides is 1. The van der Waals surface area contributed by atoms with Gasteiger partial charge in [-0.3, -0.25) is 9.32 Å². The number of para-hydroxylation sites is 1. The van der Waals surface area contributed by atoms with Crippen LogP contribution in [-0.2, 0) is 18.6 Å². The summed E-state index contributed by atoms with van der Waals surface area (Å²) in [6, 6.07) is 5.76. The minimum atomic E-state index is -4.48. The number of hydrogen-bond acceptors (Lipinski definition) is 8. The lowest BCUT2D eigenvalue weighted by Crippen LogP contribution is -2.58. The maximum atomic E-state index is 16.2.